The molecule has 6 aromatic carbocycles. The quantitative estimate of drug-likeness (QED) is 0.0371. The minimum Gasteiger partial charge on any atom is -0.481 e. The molecule has 2 fully saturated rings. The number of carboxylic acids is 1. The van der Waals surface area contributed by atoms with Crippen LogP contribution in [0.3, 0.4) is 0 Å². The molecule has 0 unspecified atom stereocenters. The number of aromatic amines is 1. The minimum absolute atomic E-state index is 0.0116. The zero-order valence-corrected chi connectivity index (χ0v) is 59.9. The van der Waals surface area contributed by atoms with E-state index in [1.165, 1.54) is 11.8 Å². The number of carboxylic acid groups (broad SMARTS) is 1. The summed E-state index contributed by atoms with van der Waals surface area (Å²) in [7, 11) is 0. The first-order chi connectivity index (χ1) is 50.8. The van der Waals surface area contributed by atoms with E-state index in [-0.39, 0.29) is 83.3 Å². The van der Waals surface area contributed by atoms with Crippen molar-refractivity contribution >= 4 is 121 Å². The van der Waals surface area contributed by atoms with Crippen LogP contribution in [0.5, 0.6) is 0 Å². The van der Waals surface area contributed by atoms with Gasteiger partial charge in [0.1, 0.15) is 60.4 Å². The van der Waals surface area contributed by atoms with Crippen LogP contribution in [-0.4, -0.2) is 172 Å². The molecule has 29 heteroatoms. The second kappa shape index (κ2) is 37.4. The molecule has 12 amide bonds. The molecule has 0 radical (unpaired) electrons. The molecule has 3 heterocycles. The lowest BCUT2D eigenvalue weighted by Crippen LogP contribution is -2.61. The van der Waals surface area contributed by atoms with Crippen LogP contribution in [0.4, 0.5) is 0 Å². The van der Waals surface area contributed by atoms with Crippen molar-refractivity contribution in [3.63, 3.8) is 0 Å². The molecular weight excluding hydrogens is 1380 g/mol. The fourth-order valence-electron chi connectivity index (χ4n) is 13.3. The third kappa shape index (κ3) is 22.1. The van der Waals surface area contributed by atoms with Gasteiger partial charge in [0.15, 0.2) is 0 Å². The van der Waals surface area contributed by atoms with Gasteiger partial charge in [-0.25, -0.2) is 0 Å². The predicted octanol–water partition coefficient (Wildman–Crippen LogP) is 2.82. The Kier molecular flexibility index (Phi) is 27.9. The lowest BCUT2D eigenvalue weighted by atomic mass is 9.98. The monoisotopic (exact) mass is 1470 g/mol. The zero-order valence-electron chi connectivity index (χ0n) is 59.2. The van der Waals surface area contributed by atoms with E-state index in [1.54, 1.807) is 80.7 Å². The van der Waals surface area contributed by atoms with Crippen molar-refractivity contribution in [3.8, 4) is 0 Å². The van der Waals surface area contributed by atoms with Crippen LogP contribution in [0.2, 0.25) is 5.02 Å². The molecule has 0 spiro atoms. The molecular formula is C77H91ClN14O14. The summed E-state index contributed by atoms with van der Waals surface area (Å²) in [5.74, 6) is -11.8. The minimum atomic E-state index is -2.00. The number of primary amides is 1. The molecule has 9 rings (SSSR count). The summed E-state index contributed by atoms with van der Waals surface area (Å²) in [6.45, 7) is 4.73. The summed E-state index contributed by atoms with van der Waals surface area (Å²) in [5, 5.41) is 41.9. The molecule has 0 aliphatic carbocycles. The molecule has 560 valence electrons. The second-order valence-corrected chi connectivity index (χ2v) is 27.8. The van der Waals surface area contributed by atoms with Crippen molar-refractivity contribution in [2.75, 3.05) is 19.6 Å². The summed E-state index contributed by atoms with van der Waals surface area (Å²) in [5.41, 5.74) is 14.1. The van der Waals surface area contributed by atoms with Gasteiger partial charge in [-0.1, -0.05) is 141 Å². The van der Waals surface area contributed by atoms with Crippen molar-refractivity contribution in [1.29, 1.82) is 0 Å². The molecule has 28 nitrogen and oxygen atoms in total. The van der Waals surface area contributed by atoms with E-state index in [1.807, 2.05) is 72.8 Å². The van der Waals surface area contributed by atoms with E-state index < -0.39 is 157 Å². The van der Waals surface area contributed by atoms with E-state index in [2.05, 4.69) is 58.2 Å². The van der Waals surface area contributed by atoms with Gasteiger partial charge in [0, 0.05) is 80.8 Å². The molecule has 106 heavy (non-hydrogen) atoms. The highest BCUT2D eigenvalue weighted by Gasteiger charge is 2.41. The van der Waals surface area contributed by atoms with Crippen molar-refractivity contribution < 1.29 is 67.4 Å². The van der Waals surface area contributed by atoms with Gasteiger partial charge in [-0.3, -0.25) is 62.3 Å². The van der Waals surface area contributed by atoms with E-state index in [0.717, 1.165) is 21.5 Å². The van der Waals surface area contributed by atoms with Gasteiger partial charge in [0.2, 0.25) is 70.9 Å². The van der Waals surface area contributed by atoms with Crippen LogP contribution in [0.25, 0.3) is 32.4 Å². The maximum atomic E-state index is 15.2. The summed E-state index contributed by atoms with van der Waals surface area (Å²) >= 11 is 6.27. The summed E-state index contributed by atoms with van der Waals surface area (Å²) in [4.78, 5) is 189. The number of hydrogen-bond donors (Lipinski definition) is 14. The molecule has 0 saturated carbocycles. The molecule has 2 saturated heterocycles. The van der Waals surface area contributed by atoms with Gasteiger partial charge in [0.05, 0.1) is 6.42 Å². The van der Waals surface area contributed by atoms with E-state index >= 15 is 19.2 Å². The third-order valence-electron chi connectivity index (χ3n) is 18.8. The number of hydrogen-bond acceptors (Lipinski definition) is 14. The van der Waals surface area contributed by atoms with Gasteiger partial charge in [-0.2, -0.15) is 0 Å². The number of fused-ring (bicyclic) bond motifs is 3. The number of para-hydroxylation sites is 1. The highest BCUT2D eigenvalue weighted by atomic mass is 35.5. The maximum Gasteiger partial charge on any atom is 0.305 e. The predicted molar refractivity (Wildman–Crippen MR) is 396 cm³/mol. The fraction of sp³-hybridized carbons (Fsp3) is 0.390. The first-order valence-corrected chi connectivity index (χ1v) is 35.9. The Bertz CT molecular complexity index is 4400. The molecule has 7 aromatic rings. The first kappa shape index (κ1) is 78.9. The van der Waals surface area contributed by atoms with Gasteiger partial charge in [-0.05, 0) is 113 Å². The molecule has 2 aliphatic rings. The number of rotatable bonds is 26. The van der Waals surface area contributed by atoms with E-state index in [4.69, 9.17) is 23.1 Å². The van der Waals surface area contributed by atoms with Crippen LogP contribution in [-0.2, 0) is 88.0 Å². The number of nitrogens with one attached hydrogen (secondary N) is 11. The number of amides is 12. The first-order valence-electron chi connectivity index (χ1n) is 35.5. The molecule has 16 N–H and O–H groups in total. The summed E-state index contributed by atoms with van der Waals surface area (Å²) in [6.07, 6.45) is 0.122. The molecule has 10 atom stereocenters. The van der Waals surface area contributed by atoms with Crippen molar-refractivity contribution in [2.45, 2.75) is 165 Å². The van der Waals surface area contributed by atoms with E-state index in [9.17, 15) is 48.3 Å². The number of halogens is 1. The Labute approximate surface area is 617 Å². The van der Waals surface area contributed by atoms with Crippen LogP contribution in [0, 0.1) is 5.92 Å². The number of nitrogens with zero attached hydrogens (tertiary/aromatic N) is 1. The largest absolute Gasteiger partial charge is 0.481 e. The lowest BCUT2D eigenvalue weighted by molar-refractivity contribution is -0.142. The average Bonchev–Trinajstić information content (AvgIpc) is 1.50. The number of benzene rings is 6. The zero-order chi connectivity index (χ0) is 76.1. The highest BCUT2D eigenvalue weighted by molar-refractivity contribution is 6.30. The normalized spacial score (nSPS) is 19.1. The lowest BCUT2D eigenvalue weighted by Gasteiger charge is -2.31. The number of aromatic nitrogens is 1. The van der Waals surface area contributed by atoms with Crippen LogP contribution in [0.1, 0.15) is 101 Å². The number of nitrogens with two attached hydrogens (primary N) is 2. The number of H-pyrrole nitrogens is 1. The average molecular weight is 1470 g/mol. The topological polar surface area (TPSA) is 434 Å². The SMILES string of the molecule is CC(=O)N[C@H](Cc1ccc2ccccc2c1)C(=O)N[C@H](Cc1ccc(Cl)cc1)C(=O)N[C@H](Cc1c[nH]c2ccccc12)C(=O)N[C@@H](CC(=O)O)C(=O)N[C@H]1CCC(=O)NCCCC[C@@H](C(=O)N2CCC[C@H]2C(=O)N[C@@H](CN)C(N)=O)NC(=O)[C@H](CC(C)C)NC(=O)[C@@H](Cc2ccc3ccccc3c2)NC1=O. The van der Waals surface area contributed by atoms with E-state index in [0.29, 0.717) is 44.6 Å². The van der Waals surface area contributed by atoms with Crippen molar-refractivity contribution in [2.24, 2.45) is 17.4 Å². The van der Waals surface area contributed by atoms with Crippen LogP contribution >= 0.6 is 11.6 Å². The number of carbonyl (C=O) groups is 13. The standard InChI is InChI=1S/C77H91ClN14O14/c1-43(2)33-58-70(99)85-57(77(106)92-32-12-20-65(92)76(105)91-64(41-79)68(80)97)19-10-11-31-81-66(94)30-29-56(69(98)87-61(73(102)86-58)38-47-22-26-49-14-5-7-16-51(49)35-47)84-75(104)63(40-67(95)96)90-74(103)62(39-52-42-82-55-18-9-8-17-54(52)55)89-72(101)60(36-45-23-27-53(78)28-24-45)88-71(100)59(83-44(3)93)37-46-21-25-48-13-4-6-15-50(48)34-46/h4-9,13-18,21-28,34-35,42-43,56-65,82H,10-12,19-20,29-33,36-41,79H2,1-3H3,(H2,80,97)(H,81,94)(H,83,93)(H,84,104)(H,85,99)(H,86,102)(H,87,98)(H,88,100)(H,89,101)(H,90,103)(H,91,105)(H,95,96)/t56-,57-,58-,59+,60+,61+,62+,63-,64-,65-/m0/s1. The summed E-state index contributed by atoms with van der Waals surface area (Å²) in [6, 6.07) is 25.1. The van der Waals surface area contributed by atoms with Crippen LogP contribution in [0.15, 0.2) is 140 Å². The smallest absolute Gasteiger partial charge is 0.305 e. The Morgan fingerprint density at radius 2 is 1.17 bits per heavy atom. The Morgan fingerprint density at radius 1 is 0.594 bits per heavy atom. The van der Waals surface area contributed by atoms with Crippen molar-refractivity contribution in [3.05, 3.63) is 167 Å². The third-order valence-corrected chi connectivity index (χ3v) is 19.0. The highest BCUT2D eigenvalue weighted by Crippen LogP contribution is 2.25. The Morgan fingerprint density at radius 3 is 1.81 bits per heavy atom. The van der Waals surface area contributed by atoms with Crippen LogP contribution < -0.4 is 64.6 Å². The molecule has 0 bridgehead atoms. The van der Waals surface area contributed by atoms with Gasteiger partial charge < -0.3 is 79.6 Å². The Hall–Kier alpha value is -11.3. The number of aliphatic carboxylic acids is 1. The summed E-state index contributed by atoms with van der Waals surface area (Å²) < 4.78 is 0. The fourth-order valence-corrected chi connectivity index (χ4v) is 13.4. The number of likely N-dealkylation sites (tertiary alicyclic amines) is 1. The molecule has 1 aromatic heterocycles. The molecule has 2 aliphatic heterocycles. The Balaban J connectivity index is 0.996. The van der Waals surface area contributed by atoms with Gasteiger partial charge >= 0.3 is 5.97 Å². The maximum absolute atomic E-state index is 15.2. The van der Waals surface area contributed by atoms with Crippen molar-refractivity contribution in [1.82, 2.24) is 63.1 Å². The number of carbonyl (C=O) groups excluding carboxylic acids is 12. The van der Waals surface area contributed by atoms with Gasteiger partial charge in [-0.15, -0.1) is 0 Å². The second-order valence-electron chi connectivity index (χ2n) is 27.3. The van der Waals surface area contributed by atoms with Gasteiger partial charge in [0.25, 0.3) is 0 Å².